The van der Waals surface area contributed by atoms with Gasteiger partial charge in [0.2, 0.25) is 5.13 Å². The fourth-order valence-electron chi connectivity index (χ4n) is 4.05. The van der Waals surface area contributed by atoms with Gasteiger partial charge < -0.3 is 10.2 Å². The van der Waals surface area contributed by atoms with E-state index >= 15 is 0 Å². The normalized spacial score (nSPS) is 21.0. The summed E-state index contributed by atoms with van der Waals surface area (Å²) in [6.45, 7) is 13.5. The molecule has 1 saturated heterocycles. The Hall–Kier alpha value is -1.17. The number of piperazine rings is 1. The molecule has 2 aliphatic rings. The zero-order valence-corrected chi connectivity index (χ0v) is 17.8. The van der Waals surface area contributed by atoms with Gasteiger partial charge in [0, 0.05) is 43.3 Å². The van der Waals surface area contributed by atoms with Gasteiger partial charge in [-0.2, -0.15) is 9.36 Å². The van der Waals surface area contributed by atoms with Crippen molar-refractivity contribution >= 4 is 29.1 Å². The fraction of sp³-hybridized carbons (Fsp3) is 0.600. The van der Waals surface area contributed by atoms with Crippen molar-refractivity contribution in [1.29, 1.82) is 0 Å². The Kier molecular flexibility index (Phi) is 5.35. The molecule has 142 valence electrons. The molecular formula is C20H29ClN4S. The third-order valence-electron chi connectivity index (χ3n) is 5.91. The van der Waals surface area contributed by atoms with Crippen LogP contribution in [0.15, 0.2) is 18.2 Å². The summed E-state index contributed by atoms with van der Waals surface area (Å²) in [5, 5.41) is 4.44. The number of anilines is 1. The van der Waals surface area contributed by atoms with E-state index in [4.69, 9.17) is 4.98 Å². The van der Waals surface area contributed by atoms with Gasteiger partial charge in [0.1, 0.15) is 0 Å². The van der Waals surface area contributed by atoms with Crippen molar-refractivity contribution in [3.05, 3.63) is 29.3 Å². The lowest BCUT2D eigenvalue weighted by molar-refractivity contribution is 0.332. The molecule has 1 fully saturated rings. The van der Waals surface area contributed by atoms with E-state index in [1.54, 1.807) is 0 Å². The summed E-state index contributed by atoms with van der Waals surface area (Å²) in [7, 11) is 0. The van der Waals surface area contributed by atoms with Crippen molar-refractivity contribution in [3.8, 4) is 11.4 Å². The smallest absolute Gasteiger partial charge is 0.205 e. The average molecular weight is 393 g/mol. The summed E-state index contributed by atoms with van der Waals surface area (Å²) in [4.78, 5) is 7.18. The topological polar surface area (TPSA) is 41.1 Å². The largest absolute Gasteiger partial charge is 0.344 e. The number of nitrogens with zero attached hydrogens (tertiary/aromatic N) is 3. The van der Waals surface area contributed by atoms with Gasteiger partial charge in [-0.05, 0) is 40.9 Å². The van der Waals surface area contributed by atoms with Crippen molar-refractivity contribution in [2.45, 2.75) is 51.4 Å². The Balaban J connectivity index is 0.00000196. The minimum absolute atomic E-state index is 0. The first-order valence-electron chi connectivity index (χ1n) is 9.32. The van der Waals surface area contributed by atoms with Crippen molar-refractivity contribution in [2.75, 3.05) is 31.1 Å². The molecule has 0 spiro atoms. The molecule has 2 aromatic rings. The minimum atomic E-state index is 0. The van der Waals surface area contributed by atoms with E-state index in [0.717, 1.165) is 42.7 Å². The van der Waals surface area contributed by atoms with Crippen LogP contribution in [0.1, 0.15) is 51.7 Å². The molecule has 4 nitrogen and oxygen atoms in total. The molecule has 1 aliphatic carbocycles. The van der Waals surface area contributed by atoms with Crippen LogP contribution in [0, 0.1) is 0 Å². The third-order valence-corrected chi connectivity index (χ3v) is 6.69. The first kappa shape index (κ1) is 19.6. The highest BCUT2D eigenvalue weighted by Crippen LogP contribution is 2.46. The second kappa shape index (κ2) is 7.10. The van der Waals surface area contributed by atoms with E-state index in [1.807, 2.05) is 0 Å². The molecule has 1 aliphatic heterocycles. The predicted octanol–water partition coefficient (Wildman–Crippen LogP) is 4.39. The summed E-state index contributed by atoms with van der Waals surface area (Å²) in [6.07, 6.45) is 2.47. The first-order chi connectivity index (χ1) is 11.9. The summed E-state index contributed by atoms with van der Waals surface area (Å²) >= 11 is 1.53. The van der Waals surface area contributed by atoms with Crippen LogP contribution in [-0.4, -0.2) is 35.5 Å². The molecular weight excluding hydrogens is 364 g/mol. The predicted molar refractivity (Wildman–Crippen MR) is 113 cm³/mol. The van der Waals surface area contributed by atoms with Crippen LogP contribution < -0.4 is 10.2 Å². The van der Waals surface area contributed by atoms with E-state index in [-0.39, 0.29) is 23.2 Å². The summed E-state index contributed by atoms with van der Waals surface area (Å²) in [5.74, 6) is 0.875. The molecule has 0 bridgehead atoms. The molecule has 0 unspecified atom stereocenters. The molecule has 1 N–H and O–H groups in total. The molecule has 26 heavy (non-hydrogen) atoms. The molecule has 0 amide bonds. The maximum atomic E-state index is 4.84. The Morgan fingerprint density at radius 2 is 1.65 bits per heavy atom. The van der Waals surface area contributed by atoms with Gasteiger partial charge >= 0.3 is 0 Å². The number of aromatic nitrogens is 2. The molecule has 6 heteroatoms. The van der Waals surface area contributed by atoms with Crippen LogP contribution in [0.3, 0.4) is 0 Å². The summed E-state index contributed by atoms with van der Waals surface area (Å²) in [5.41, 5.74) is 4.59. The summed E-state index contributed by atoms with van der Waals surface area (Å²) in [6, 6.07) is 6.88. The zero-order chi connectivity index (χ0) is 17.7. The average Bonchev–Trinajstić information content (AvgIpc) is 3.10. The van der Waals surface area contributed by atoms with Crippen LogP contribution in [-0.2, 0) is 10.8 Å². The van der Waals surface area contributed by atoms with Crippen LogP contribution in [0.4, 0.5) is 5.13 Å². The standard InChI is InChI=1S/C20H28N4S.ClH/c1-19(2)7-8-20(3,4)16-13-14(5-6-15(16)19)17-22-18(25-23-17)24-11-9-21-10-12-24;/h5-6,13,21H,7-12H2,1-4H3;1H. The highest BCUT2D eigenvalue weighted by atomic mass is 35.5. The Bertz CT molecular complexity index is 778. The number of rotatable bonds is 2. The van der Waals surface area contributed by atoms with E-state index in [1.165, 1.54) is 35.5 Å². The maximum absolute atomic E-state index is 4.84. The zero-order valence-electron chi connectivity index (χ0n) is 16.1. The Labute approximate surface area is 167 Å². The maximum Gasteiger partial charge on any atom is 0.205 e. The second-order valence-electron chi connectivity index (χ2n) is 8.67. The molecule has 1 aromatic carbocycles. The molecule has 0 saturated carbocycles. The number of hydrogen-bond donors (Lipinski definition) is 1. The molecule has 4 rings (SSSR count). The highest BCUT2D eigenvalue weighted by molar-refractivity contribution is 7.09. The Morgan fingerprint density at radius 1 is 1.00 bits per heavy atom. The monoisotopic (exact) mass is 392 g/mol. The van der Waals surface area contributed by atoms with Gasteiger partial charge in [0.15, 0.2) is 5.82 Å². The van der Waals surface area contributed by atoms with Crippen molar-refractivity contribution < 1.29 is 0 Å². The van der Waals surface area contributed by atoms with E-state index in [2.05, 4.69) is 60.5 Å². The third kappa shape index (κ3) is 3.49. The number of fused-ring (bicyclic) bond motifs is 1. The van der Waals surface area contributed by atoms with Crippen LogP contribution in [0.25, 0.3) is 11.4 Å². The van der Waals surface area contributed by atoms with Gasteiger partial charge in [-0.25, -0.2) is 0 Å². The van der Waals surface area contributed by atoms with Crippen LogP contribution >= 0.6 is 23.9 Å². The van der Waals surface area contributed by atoms with Gasteiger partial charge in [0.05, 0.1) is 0 Å². The van der Waals surface area contributed by atoms with Crippen molar-refractivity contribution in [2.24, 2.45) is 0 Å². The molecule has 0 atom stereocenters. The van der Waals surface area contributed by atoms with E-state index in [9.17, 15) is 0 Å². The van der Waals surface area contributed by atoms with E-state index in [0.29, 0.717) is 0 Å². The van der Waals surface area contributed by atoms with Crippen molar-refractivity contribution in [1.82, 2.24) is 14.7 Å². The minimum Gasteiger partial charge on any atom is -0.344 e. The Morgan fingerprint density at radius 3 is 2.35 bits per heavy atom. The molecule has 1 aromatic heterocycles. The van der Waals surface area contributed by atoms with Gasteiger partial charge in [-0.15, -0.1) is 12.4 Å². The van der Waals surface area contributed by atoms with Crippen molar-refractivity contribution in [3.63, 3.8) is 0 Å². The highest BCUT2D eigenvalue weighted by Gasteiger charge is 2.37. The molecule has 0 radical (unpaired) electrons. The van der Waals surface area contributed by atoms with E-state index < -0.39 is 0 Å². The summed E-state index contributed by atoms with van der Waals surface area (Å²) < 4.78 is 4.66. The molecule has 2 heterocycles. The SMILES string of the molecule is CC1(C)CCC(C)(C)c2cc(-c3nsc(N4CCNCC4)n3)ccc21.Cl. The second-order valence-corrected chi connectivity index (χ2v) is 9.40. The lowest BCUT2D eigenvalue weighted by Crippen LogP contribution is -2.43. The number of halogens is 1. The van der Waals surface area contributed by atoms with Crippen LogP contribution in [0.2, 0.25) is 0 Å². The van der Waals surface area contributed by atoms with Crippen LogP contribution in [0.5, 0.6) is 0 Å². The number of benzene rings is 1. The van der Waals surface area contributed by atoms with Gasteiger partial charge in [-0.3, -0.25) is 0 Å². The lowest BCUT2D eigenvalue weighted by Gasteiger charge is -2.42. The quantitative estimate of drug-likeness (QED) is 0.823. The number of nitrogens with one attached hydrogen (secondary N) is 1. The lowest BCUT2D eigenvalue weighted by atomic mass is 9.63. The van der Waals surface area contributed by atoms with Gasteiger partial charge in [0.25, 0.3) is 0 Å². The first-order valence-corrected chi connectivity index (χ1v) is 10.1. The number of hydrogen-bond acceptors (Lipinski definition) is 5. The fourth-order valence-corrected chi connectivity index (χ4v) is 4.78. The van der Waals surface area contributed by atoms with Gasteiger partial charge in [-0.1, -0.05) is 39.8 Å².